The first-order valence-electron chi connectivity index (χ1n) is 6.92. The van der Waals surface area contributed by atoms with Crippen LogP contribution in [0.3, 0.4) is 0 Å². The van der Waals surface area contributed by atoms with Crippen LogP contribution in [0.15, 0.2) is 9.72 Å². The Morgan fingerprint density at radius 1 is 1.41 bits per heavy atom. The van der Waals surface area contributed by atoms with Crippen LogP contribution >= 0.6 is 34.4 Å². The minimum Gasteiger partial charge on any atom is -0.360 e. The highest BCUT2D eigenvalue weighted by Gasteiger charge is 2.11. The van der Waals surface area contributed by atoms with Gasteiger partial charge in [0.05, 0.1) is 12.1 Å². The van der Waals surface area contributed by atoms with Gasteiger partial charge in [0, 0.05) is 31.8 Å². The van der Waals surface area contributed by atoms with Crippen molar-refractivity contribution < 1.29 is 4.79 Å². The topological polar surface area (TPSA) is 71.0 Å². The van der Waals surface area contributed by atoms with Crippen molar-refractivity contribution in [2.75, 3.05) is 26.0 Å². The van der Waals surface area contributed by atoms with E-state index in [1.54, 1.807) is 42.1 Å². The van der Waals surface area contributed by atoms with Crippen LogP contribution in [0.1, 0.15) is 24.0 Å². The van der Waals surface area contributed by atoms with E-state index in [0.717, 1.165) is 38.9 Å². The molecular weight excluding hydrogens is 338 g/mol. The van der Waals surface area contributed by atoms with Crippen LogP contribution in [-0.4, -0.2) is 46.6 Å². The molecule has 6 nitrogen and oxygen atoms in total. The van der Waals surface area contributed by atoms with Gasteiger partial charge in [-0.05, 0) is 6.42 Å². The zero-order valence-electron chi connectivity index (χ0n) is 12.8. The van der Waals surface area contributed by atoms with Gasteiger partial charge in [-0.1, -0.05) is 30.0 Å². The summed E-state index contributed by atoms with van der Waals surface area (Å²) in [5.74, 6) is 0.819. The lowest BCUT2D eigenvalue weighted by Crippen LogP contribution is -2.23. The summed E-state index contributed by atoms with van der Waals surface area (Å²) in [5, 5.41) is 15.2. The molecule has 0 aromatic carbocycles. The van der Waals surface area contributed by atoms with Gasteiger partial charge in [0.2, 0.25) is 11.0 Å². The predicted octanol–water partition coefficient (Wildman–Crippen LogP) is 2.74. The number of nitrogens with one attached hydrogen (secondary N) is 1. The molecule has 0 aliphatic rings. The summed E-state index contributed by atoms with van der Waals surface area (Å²) >= 11 is 4.71. The molecule has 22 heavy (non-hydrogen) atoms. The van der Waals surface area contributed by atoms with Crippen molar-refractivity contribution in [1.82, 2.24) is 20.1 Å². The number of thioether (sulfide) groups is 1. The van der Waals surface area contributed by atoms with Crippen molar-refractivity contribution in [3.8, 4) is 0 Å². The molecule has 0 bridgehead atoms. The van der Waals surface area contributed by atoms with Crippen molar-refractivity contribution in [1.29, 1.82) is 0 Å². The first-order valence-corrected chi connectivity index (χ1v) is 9.60. The normalized spacial score (nSPS) is 10.7. The third kappa shape index (κ3) is 5.22. The van der Waals surface area contributed by atoms with Crippen LogP contribution in [0.2, 0.25) is 0 Å². The predicted molar refractivity (Wildman–Crippen MR) is 92.8 cm³/mol. The number of likely N-dealkylation sites (N-methyl/N-ethyl adjacent to an activating group) is 1. The number of hydrogen-bond acceptors (Lipinski definition) is 8. The van der Waals surface area contributed by atoms with Gasteiger partial charge in [-0.3, -0.25) is 4.79 Å². The molecule has 0 atom stereocenters. The quantitative estimate of drug-likeness (QED) is 0.733. The van der Waals surface area contributed by atoms with E-state index in [1.165, 1.54) is 11.3 Å². The maximum absolute atomic E-state index is 11.7. The van der Waals surface area contributed by atoms with Crippen LogP contribution in [0, 0.1) is 0 Å². The lowest BCUT2D eigenvalue weighted by Gasteiger charge is -2.07. The van der Waals surface area contributed by atoms with Gasteiger partial charge >= 0.3 is 0 Å². The zero-order chi connectivity index (χ0) is 15.9. The molecule has 0 radical (unpaired) electrons. The molecule has 2 aromatic heterocycles. The molecule has 2 rings (SSSR count). The van der Waals surface area contributed by atoms with Crippen LogP contribution in [-0.2, 0) is 17.0 Å². The molecule has 0 unspecified atom stereocenters. The molecule has 0 saturated heterocycles. The molecule has 1 N–H and O–H groups in total. The minimum atomic E-state index is 0.0734. The minimum absolute atomic E-state index is 0.0734. The van der Waals surface area contributed by atoms with Crippen LogP contribution in [0.5, 0.6) is 0 Å². The van der Waals surface area contributed by atoms with Gasteiger partial charge in [-0.15, -0.1) is 21.5 Å². The van der Waals surface area contributed by atoms with Gasteiger partial charge in [0.25, 0.3) is 0 Å². The average Bonchev–Trinajstić information content (AvgIpc) is 3.12. The Morgan fingerprint density at radius 3 is 2.95 bits per heavy atom. The van der Waals surface area contributed by atoms with Crippen molar-refractivity contribution in [2.45, 2.75) is 29.9 Å². The lowest BCUT2D eigenvalue weighted by atomic mass is 10.4. The van der Waals surface area contributed by atoms with Gasteiger partial charge in [-0.25, -0.2) is 4.98 Å². The summed E-state index contributed by atoms with van der Waals surface area (Å²) in [6.45, 7) is 3.03. The Kier molecular flexibility index (Phi) is 6.59. The Hall–Kier alpha value is -1.19. The van der Waals surface area contributed by atoms with Crippen LogP contribution in [0.4, 0.5) is 5.13 Å². The third-order valence-electron chi connectivity index (χ3n) is 2.68. The summed E-state index contributed by atoms with van der Waals surface area (Å²) in [5.41, 5.74) is 0.981. The summed E-state index contributed by atoms with van der Waals surface area (Å²) < 4.78 is 0.928. The molecule has 1 amide bonds. The monoisotopic (exact) mass is 357 g/mol. The van der Waals surface area contributed by atoms with Crippen molar-refractivity contribution in [3.63, 3.8) is 0 Å². The van der Waals surface area contributed by atoms with Gasteiger partial charge in [0.1, 0.15) is 5.01 Å². The highest BCUT2D eigenvalue weighted by atomic mass is 32.2. The Balaban J connectivity index is 1.83. The number of carbonyl (C=O) groups is 1. The molecule has 0 spiro atoms. The van der Waals surface area contributed by atoms with E-state index in [-0.39, 0.29) is 5.91 Å². The summed E-state index contributed by atoms with van der Waals surface area (Å²) in [6.07, 6.45) is 1.43. The number of thiazole rings is 1. The summed E-state index contributed by atoms with van der Waals surface area (Å²) in [4.78, 5) is 17.7. The van der Waals surface area contributed by atoms with E-state index in [4.69, 9.17) is 0 Å². The number of amides is 1. The SMILES string of the molecule is CCCNc1nnc(SCc2csc(CC(=O)N(C)C)n2)s1. The maximum atomic E-state index is 11.7. The number of rotatable bonds is 8. The fourth-order valence-corrected chi connectivity index (χ4v) is 4.05. The molecular formula is C13H19N5OS3. The molecule has 0 saturated carbocycles. The van der Waals surface area contributed by atoms with Crippen molar-refractivity contribution >= 4 is 45.5 Å². The maximum Gasteiger partial charge on any atom is 0.228 e. The second-order valence-electron chi connectivity index (χ2n) is 4.79. The van der Waals surface area contributed by atoms with Crippen molar-refractivity contribution in [3.05, 3.63) is 16.1 Å². The molecule has 0 aliphatic carbocycles. The van der Waals surface area contributed by atoms with E-state index >= 15 is 0 Å². The summed E-state index contributed by atoms with van der Waals surface area (Å²) in [6, 6.07) is 0. The largest absolute Gasteiger partial charge is 0.360 e. The highest BCUT2D eigenvalue weighted by Crippen LogP contribution is 2.28. The Morgan fingerprint density at radius 2 is 2.23 bits per heavy atom. The molecule has 0 fully saturated rings. The van der Waals surface area contributed by atoms with Crippen LogP contribution < -0.4 is 5.32 Å². The number of anilines is 1. The number of hydrogen-bond donors (Lipinski definition) is 1. The fraction of sp³-hybridized carbons (Fsp3) is 0.538. The molecule has 0 aliphatic heterocycles. The number of carbonyl (C=O) groups excluding carboxylic acids is 1. The number of nitrogens with zero attached hydrogens (tertiary/aromatic N) is 4. The smallest absolute Gasteiger partial charge is 0.228 e. The van der Waals surface area contributed by atoms with Gasteiger partial charge in [-0.2, -0.15) is 0 Å². The standard InChI is InChI=1S/C13H19N5OS3/c1-4-5-14-12-16-17-13(22-12)21-8-9-7-20-10(15-9)6-11(19)18(2)3/h7H,4-6,8H2,1-3H3,(H,14,16). The van der Waals surface area contributed by atoms with Crippen molar-refractivity contribution in [2.24, 2.45) is 0 Å². The van der Waals surface area contributed by atoms with E-state index in [2.05, 4.69) is 27.4 Å². The van der Waals surface area contributed by atoms with Gasteiger partial charge in [0.15, 0.2) is 4.34 Å². The molecule has 120 valence electrons. The zero-order valence-corrected chi connectivity index (χ0v) is 15.3. The molecule has 2 aromatic rings. The first-order chi connectivity index (χ1) is 10.6. The Bertz CT molecular complexity index is 610. The second kappa shape index (κ2) is 8.44. The van der Waals surface area contributed by atoms with E-state index in [1.807, 2.05) is 5.38 Å². The lowest BCUT2D eigenvalue weighted by molar-refractivity contribution is -0.127. The number of aromatic nitrogens is 3. The van der Waals surface area contributed by atoms with Crippen LogP contribution in [0.25, 0.3) is 0 Å². The third-order valence-corrected chi connectivity index (χ3v) is 5.62. The molecule has 9 heteroatoms. The Labute approximate surface area is 142 Å². The van der Waals surface area contributed by atoms with E-state index in [0.29, 0.717) is 6.42 Å². The van der Waals surface area contributed by atoms with Gasteiger partial charge < -0.3 is 10.2 Å². The molecule has 2 heterocycles. The fourth-order valence-electron chi connectivity index (χ4n) is 1.49. The van der Waals surface area contributed by atoms with E-state index in [9.17, 15) is 4.79 Å². The van der Waals surface area contributed by atoms with E-state index < -0.39 is 0 Å². The highest BCUT2D eigenvalue weighted by molar-refractivity contribution is 8.00. The first kappa shape index (κ1) is 17.2. The second-order valence-corrected chi connectivity index (χ2v) is 7.93. The summed E-state index contributed by atoms with van der Waals surface area (Å²) in [7, 11) is 3.51. The average molecular weight is 358 g/mol.